The second-order valence-electron chi connectivity index (χ2n) is 22.6. The van der Waals surface area contributed by atoms with Gasteiger partial charge < -0.3 is 48.1 Å². The molecule has 3 atom stereocenters. The third-order valence-corrected chi connectivity index (χ3v) is 16.2. The molecule has 0 bridgehead atoms. The number of benzene rings is 3. The molecule has 88 heavy (non-hydrogen) atoms. The molecule has 1 aromatic heterocycles. The number of nitrogens with zero attached hydrogens (tertiary/aromatic N) is 6. The number of ether oxygens (including phenoxy) is 6. The number of aliphatic imine (C=N–C) groups is 1. The number of nitrogens with two attached hydrogens (primary N) is 1. The van der Waals surface area contributed by atoms with E-state index in [0.717, 1.165) is 100 Å². The number of carbonyl (C=O) groups excluding carboxylic acids is 4. The summed E-state index contributed by atoms with van der Waals surface area (Å²) in [5, 5.41) is 24.8. The van der Waals surface area contributed by atoms with Crippen LogP contribution in [-0.4, -0.2) is 122 Å². The molecule has 0 aliphatic carbocycles. The van der Waals surface area contributed by atoms with Crippen LogP contribution in [0, 0.1) is 5.41 Å². The Hall–Kier alpha value is -6.32. The van der Waals surface area contributed by atoms with Crippen LogP contribution in [0.5, 0.6) is 5.75 Å². The minimum Gasteiger partial charge on any atom is -0.550 e. The van der Waals surface area contributed by atoms with Crippen molar-refractivity contribution < 1.29 is 58.0 Å². The van der Waals surface area contributed by atoms with Crippen molar-refractivity contribution in [3.8, 4) is 11.4 Å². The lowest BCUT2D eigenvalue weighted by Crippen LogP contribution is -2.86. The van der Waals surface area contributed by atoms with Crippen LogP contribution in [0.2, 0.25) is 10.0 Å². The first-order valence-electron chi connectivity index (χ1n) is 32.0. The van der Waals surface area contributed by atoms with Crippen LogP contribution in [0.1, 0.15) is 187 Å². The summed E-state index contributed by atoms with van der Waals surface area (Å²) in [7, 11) is 0. The van der Waals surface area contributed by atoms with E-state index >= 15 is 0 Å². The van der Waals surface area contributed by atoms with Gasteiger partial charge in [0.05, 0.1) is 29.8 Å². The van der Waals surface area contributed by atoms with Gasteiger partial charge in [0.2, 0.25) is 5.79 Å². The van der Waals surface area contributed by atoms with Crippen molar-refractivity contribution in [2.24, 2.45) is 4.99 Å². The van der Waals surface area contributed by atoms with Crippen LogP contribution in [0.15, 0.2) is 82.8 Å². The highest BCUT2D eigenvalue weighted by molar-refractivity contribution is 6.35. The zero-order valence-electron chi connectivity index (χ0n) is 52.4. The van der Waals surface area contributed by atoms with Crippen LogP contribution < -0.4 is 30.6 Å². The fraction of sp³-hybridized carbons (Fsp3) is 0.606. The maximum absolute atomic E-state index is 12.8. The number of nitrogens with one attached hydrogen (secondary N) is 1. The molecule has 0 saturated carbocycles. The molecular weight excluding hydrogens is 1170 g/mol. The molecule has 3 N–H and O–H groups in total. The average molecular weight is 1260 g/mol. The Balaban J connectivity index is 0.000000331. The van der Waals surface area contributed by atoms with E-state index in [-0.39, 0.29) is 50.3 Å². The van der Waals surface area contributed by atoms with Gasteiger partial charge in [-0.05, 0) is 93.3 Å². The summed E-state index contributed by atoms with van der Waals surface area (Å²) in [4.78, 5) is 68.2. The molecule has 2 aliphatic heterocycles. The van der Waals surface area contributed by atoms with E-state index in [1.165, 1.54) is 88.1 Å². The first-order chi connectivity index (χ1) is 42.7. The zero-order chi connectivity index (χ0) is 63.4. The van der Waals surface area contributed by atoms with Crippen LogP contribution in [0.3, 0.4) is 0 Å². The Bertz CT molecular complexity index is 2740. The molecule has 2 aliphatic rings. The SMILES string of the molecule is CCC(C)n1ncn(-c2ccc(N3CCN(c4ccc(OCC5COC(C[NH2+]C=NC=N)(c6ccc(Cl)cc6Cl)O5)cc4)CC3)cc2)c1=O.CCCCCCCCCCCC(=O)OCC(COC(=O)CCCCCCCCCCC)OC(=O)CCC(=O)[O-]. The van der Waals surface area contributed by atoms with Crippen LogP contribution in [0.4, 0.5) is 11.4 Å². The summed E-state index contributed by atoms with van der Waals surface area (Å²) in [6, 6.07) is 21.5. The molecule has 0 amide bonds. The third kappa shape index (κ3) is 26.0. The zero-order valence-corrected chi connectivity index (χ0v) is 53.9. The number of aliphatic carboxylic acids is 1. The fourth-order valence-electron chi connectivity index (χ4n) is 10.3. The first kappa shape index (κ1) is 72.4. The third-order valence-electron chi connectivity index (χ3n) is 15.6. The molecule has 0 spiro atoms. The Morgan fingerprint density at radius 3 is 1.76 bits per heavy atom. The molecule has 3 unspecified atom stereocenters. The van der Waals surface area contributed by atoms with Crippen molar-refractivity contribution in [1.29, 1.82) is 5.41 Å². The van der Waals surface area contributed by atoms with Crippen molar-refractivity contribution in [2.75, 3.05) is 69.0 Å². The van der Waals surface area contributed by atoms with Gasteiger partial charge in [0.15, 0.2) is 12.4 Å². The number of hydrogen-bond acceptors (Lipinski definition) is 16. The van der Waals surface area contributed by atoms with E-state index in [1.807, 2.05) is 38.1 Å². The van der Waals surface area contributed by atoms with E-state index in [1.54, 1.807) is 34.4 Å². The van der Waals surface area contributed by atoms with Crippen molar-refractivity contribution in [2.45, 2.75) is 199 Å². The van der Waals surface area contributed by atoms with Crippen molar-refractivity contribution in [3.63, 3.8) is 0 Å². The monoisotopic (exact) mass is 1260 g/mol. The first-order valence-corrected chi connectivity index (χ1v) is 32.8. The van der Waals surface area contributed by atoms with E-state index < -0.39 is 42.2 Å². The Morgan fingerprint density at radius 2 is 1.25 bits per heavy atom. The summed E-state index contributed by atoms with van der Waals surface area (Å²) in [6.45, 7) is 12.5. The topological polar surface area (TPSA) is 246 Å². The van der Waals surface area contributed by atoms with Crippen molar-refractivity contribution in [1.82, 2.24) is 14.3 Å². The number of unbranched alkanes of at least 4 members (excludes halogenated alkanes) is 16. The number of halogens is 2. The number of carboxylic acid groups (broad SMARTS) is 1. The lowest BCUT2D eigenvalue weighted by Gasteiger charge is -2.37. The maximum atomic E-state index is 12.8. The van der Waals surface area contributed by atoms with Gasteiger partial charge in [-0.15, -0.1) is 0 Å². The van der Waals surface area contributed by atoms with Gasteiger partial charge >= 0.3 is 23.6 Å². The van der Waals surface area contributed by atoms with Gasteiger partial charge in [-0.3, -0.25) is 25.1 Å². The van der Waals surface area contributed by atoms with Crippen LogP contribution >= 0.6 is 23.2 Å². The molecular formula is C66H96Cl2N8O12. The highest BCUT2D eigenvalue weighted by Gasteiger charge is 2.46. The quantitative estimate of drug-likeness (QED) is 0.0138. The lowest BCUT2D eigenvalue weighted by atomic mass is 10.1. The minimum absolute atomic E-state index is 0.0624. The second kappa shape index (κ2) is 41.1. The number of aromatic nitrogens is 3. The summed E-state index contributed by atoms with van der Waals surface area (Å²) in [6.07, 6.45) is 23.9. The fourth-order valence-corrected chi connectivity index (χ4v) is 10.9. The summed E-state index contributed by atoms with van der Waals surface area (Å²) in [5.41, 5.74) is 3.63. The normalized spacial score (nSPS) is 16.1. The summed E-state index contributed by atoms with van der Waals surface area (Å²) in [5.74, 6) is -3.29. The summed E-state index contributed by atoms with van der Waals surface area (Å²) >= 11 is 12.7. The number of rotatable bonds is 41. The highest BCUT2D eigenvalue weighted by atomic mass is 35.5. The lowest BCUT2D eigenvalue weighted by molar-refractivity contribution is -0.565. The number of anilines is 2. The average Bonchev–Trinajstić information content (AvgIpc) is 3.39. The van der Waals surface area contributed by atoms with Gasteiger partial charge in [-0.25, -0.2) is 14.0 Å². The molecule has 3 aromatic carbocycles. The van der Waals surface area contributed by atoms with Gasteiger partial charge in [0, 0.05) is 67.0 Å². The van der Waals surface area contributed by atoms with Crippen LogP contribution in [-0.2, 0) is 48.6 Å². The van der Waals surface area contributed by atoms with Crippen LogP contribution in [0.25, 0.3) is 5.69 Å². The molecule has 22 heteroatoms. The van der Waals surface area contributed by atoms with Gasteiger partial charge in [0.1, 0.15) is 50.9 Å². The minimum atomic E-state index is -1.36. The second-order valence-corrected chi connectivity index (χ2v) is 23.4. The molecule has 486 valence electrons. The Kier molecular flexibility index (Phi) is 33.8. The predicted octanol–water partition coefficient (Wildman–Crippen LogP) is 10.8. The largest absolute Gasteiger partial charge is 0.550 e. The molecule has 6 rings (SSSR count). The summed E-state index contributed by atoms with van der Waals surface area (Å²) < 4.78 is 37.6. The van der Waals surface area contributed by atoms with Crippen molar-refractivity contribution >= 4 is 71.1 Å². The van der Waals surface area contributed by atoms with E-state index in [2.05, 4.69) is 58.0 Å². The Morgan fingerprint density at radius 1 is 0.727 bits per heavy atom. The van der Waals surface area contributed by atoms with E-state index in [0.29, 0.717) is 35.4 Å². The van der Waals surface area contributed by atoms with E-state index in [4.69, 9.17) is 57.0 Å². The van der Waals surface area contributed by atoms with Gasteiger partial charge in [-0.2, -0.15) is 10.1 Å². The smallest absolute Gasteiger partial charge is 0.350 e. The number of carboxylic acids is 1. The number of quaternary nitrogens is 1. The maximum Gasteiger partial charge on any atom is 0.350 e. The molecule has 3 heterocycles. The molecule has 20 nitrogen and oxygen atoms in total. The number of esters is 3. The molecule has 2 fully saturated rings. The standard InChI is InChI=1S/C35H40Cl2N8O4.C31H56O8/c1-3-25(2)45-34(46)44(24-41-45)29-7-5-27(6-8-29)42-14-16-43(17-15-42)28-9-11-30(12-10-28)47-19-31-20-48-35(49-31,21-39-23-40-22-38)32-13-4-26(36)18-33(32)37;1-3-5-7-9-11-13-15-17-19-21-29(34)37-25-27(39-31(36)24-23-28(32)33)26-38-30(35)22-20-18-16-14-12-10-8-6-4-2/h4-13,18,22-25,31H,3,14-17,19-21H2,1-2H3,(H2,38,39,40);27H,3-26H2,1-2H3,(H,32,33). The predicted molar refractivity (Wildman–Crippen MR) is 342 cm³/mol. The molecule has 2 saturated heterocycles. The number of hydrogen-bond donors (Lipinski definition) is 2. The Labute approximate surface area is 530 Å². The molecule has 4 aromatic rings. The molecule has 0 radical (unpaired) electrons. The number of piperazine rings is 1. The van der Waals surface area contributed by atoms with Gasteiger partial charge in [0.25, 0.3) is 0 Å². The highest BCUT2D eigenvalue weighted by Crippen LogP contribution is 2.38. The van der Waals surface area contributed by atoms with E-state index in [9.17, 15) is 29.1 Å². The van der Waals surface area contributed by atoms with Crippen molar-refractivity contribution in [3.05, 3.63) is 99.2 Å². The van der Waals surface area contributed by atoms with Gasteiger partial charge in [-0.1, -0.05) is 153 Å². The number of carbonyl (C=O) groups is 4.